The van der Waals surface area contributed by atoms with Crippen molar-refractivity contribution >= 4 is 11.9 Å². The summed E-state index contributed by atoms with van der Waals surface area (Å²) in [4.78, 5) is 12.1. The van der Waals surface area contributed by atoms with Crippen LogP contribution in [-0.4, -0.2) is 19.7 Å². The molecule has 1 fully saturated rings. The lowest BCUT2D eigenvalue weighted by Gasteiger charge is -2.54. The normalized spacial score (nSPS) is 25.8. The number of hydrogen-bond donors (Lipinski definition) is 0. The minimum Gasteiger partial charge on any atom is -0.468 e. The highest BCUT2D eigenvalue weighted by molar-refractivity contribution is 5.96. The maximum absolute atomic E-state index is 12.1. The third-order valence-corrected chi connectivity index (χ3v) is 5.01. The Bertz CT molecular complexity index is 623. The van der Waals surface area contributed by atoms with E-state index in [4.69, 9.17) is 9.47 Å². The molecule has 0 saturated heterocycles. The Morgan fingerprint density at radius 1 is 1.18 bits per heavy atom. The first-order chi connectivity index (χ1) is 10.5. The first kappa shape index (κ1) is 15.0. The molecule has 0 heterocycles. The van der Waals surface area contributed by atoms with Gasteiger partial charge in [-0.15, -0.1) is 0 Å². The molecule has 3 nitrogen and oxygen atoms in total. The van der Waals surface area contributed by atoms with Crippen LogP contribution in [0, 0.1) is 17.3 Å². The van der Waals surface area contributed by atoms with Gasteiger partial charge in [0.2, 0.25) is 0 Å². The zero-order valence-corrected chi connectivity index (χ0v) is 13.3. The van der Waals surface area contributed by atoms with Crippen molar-refractivity contribution < 1.29 is 14.3 Å². The van der Waals surface area contributed by atoms with E-state index in [1.54, 1.807) is 7.11 Å². The van der Waals surface area contributed by atoms with E-state index < -0.39 is 0 Å². The zero-order chi connectivity index (χ0) is 15.7. The molecule has 116 valence electrons. The molecule has 0 aromatic heterocycles. The van der Waals surface area contributed by atoms with Gasteiger partial charge in [-0.2, -0.15) is 0 Å². The Morgan fingerprint density at radius 2 is 1.91 bits per heavy atom. The molecule has 0 N–H and O–H groups in total. The third-order valence-electron chi connectivity index (χ3n) is 5.01. The van der Waals surface area contributed by atoms with Gasteiger partial charge in [0.05, 0.1) is 0 Å². The number of hydrogen-bond acceptors (Lipinski definition) is 3. The number of carbonyl (C=O) groups is 1. The molecule has 2 bridgehead atoms. The van der Waals surface area contributed by atoms with E-state index in [0.717, 1.165) is 23.3 Å². The molecule has 22 heavy (non-hydrogen) atoms. The molecule has 3 heteroatoms. The van der Waals surface area contributed by atoms with Crippen LogP contribution >= 0.6 is 0 Å². The van der Waals surface area contributed by atoms with Crippen LogP contribution < -0.4 is 4.74 Å². The first-order valence-corrected chi connectivity index (χ1v) is 7.67. The fraction of sp³-hybridized carbons (Fsp3) is 0.421. The van der Waals surface area contributed by atoms with Crippen LogP contribution in [0.25, 0.3) is 6.08 Å². The lowest BCUT2D eigenvalue weighted by Crippen LogP contribution is -2.52. The van der Waals surface area contributed by atoms with Gasteiger partial charge in [-0.1, -0.05) is 38.1 Å². The Kier molecular flexibility index (Phi) is 3.92. The number of carbonyl (C=O) groups excluding carboxylic acids is 1. The smallest absolute Gasteiger partial charge is 0.188 e. The Labute approximate surface area is 131 Å². The number of allylic oxidation sites excluding steroid dienone is 3. The summed E-state index contributed by atoms with van der Waals surface area (Å²) >= 11 is 0. The number of benzene rings is 1. The number of methoxy groups -OCH3 is 1. The molecule has 0 radical (unpaired) electrons. The predicted molar refractivity (Wildman–Crippen MR) is 86.4 cm³/mol. The van der Waals surface area contributed by atoms with Gasteiger partial charge in [0, 0.05) is 13.0 Å². The van der Waals surface area contributed by atoms with Crippen molar-refractivity contribution in [3.05, 3.63) is 47.6 Å². The van der Waals surface area contributed by atoms with Crippen LogP contribution in [0.15, 0.2) is 42.0 Å². The van der Waals surface area contributed by atoms with Crippen molar-refractivity contribution in [2.45, 2.75) is 20.3 Å². The fourth-order valence-corrected chi connectivity index (χ4v) is 3.50. The lowest BCUT2D eigenvalue weighted by molar-refractivity contribution is -0.133. The van der Waals surface area contributed by atoms with Crippen LogP contribution in [0.1, 0.15) is 25.8 Å². The van der Waals surface area contributed by atoms with Crippen molar-refractivity contribution in [1.29, 1.82) is 0 Å². The van der Waals surface area contributed by atoms with Crippen LogP contribution in [0.4, 0.5) is 0 Å². The highest BCUT2D eigenvalue weighted by Gasteiger charge is 2.54. The second kappa shape index (κ2) is 5.73. The summed E-state index contributed by atoms with van der Waals surface area (Å²) in [7, 11) is 1.60. The summed E-state index contributed by atoms with van der Waals surface area (Å²) in [5.74, 6) is 1.81. The summed E-state index contributed by atoms with van der Waals surface area (Å²) in [6.07, 6.45) is 6.99. The van der Waals surface area contributed by atoms with Gasteiger partial charge in [-0.3, -0.25) is 4.79 Å². The van der Waals surface area contributed by atoms with Gasteiger partial charge < -0.3 is 9.47 Å². The van der Waals surface area contributed by atoms with Crippen molar-refractivity contribution in [3.63, 3.8) is 0 Å². The Hall–Kier alpha value is -1.87. The summed E-state index contributed by atoms with van der Waals surface area (Å²) in [6.45, 7) is 4.65. The van der Waals surface area contributed by atoms with E-state index in [-0.39, 0.29) is 23.9 Å². The Balaban J connectivity index is 1.70. The molecule has 3 aliphatic carbocycles. The van der Waals surface area contributed by atoms with E-state index in [0.29, 0.717) is 5.92 Å². The number of ether oxygens (including phenoxy) is 2. The van der Waals surface area contributed by atoms with Crippen LogP contribution in [0.5, 0.6) is 5.75 Å². The van der Waals surface area contributed by atoms with Crippen molar-refractivity contribution in [1.82, 2.24) is 0 Å². The van der Waals surface area contributed by atoms with Crippen molar-refractivity contribution in [2.75, 3.05) is 13.9 Å². The predicted octanol–water partition coefficient (Wildman–Crippen LogP) is 3.85. The minimum absolute atomic E-state index is 0.114. The van der Waals surface area contributed by atoms with Crippen LogP contribution in [-0.2, 0) is 9.53 Å². The number of ketones is 1. The average Bonchev–Trinajstić information content (AvgIpc) is 2.51. The van der Waals surface area contributed by atoms with Gasteiger partial charge in [-0.25, -0.2) is 0 Å². The SMILES string of the molecule is COCOc1ccc(C=CC2=CC(=O)[C@H]3C[C@@H]2C3(C)C)cc1. The van der Waals surface area contributed by atoms with Crippen LogP contribution in [0.2, 0.25) is 0 Å². The van der Waals surface area contributed by atoms with Gasteiger partial charge in [0.25, 0.3) is 0 Å². The summed E-state index contributed by atoms with van der Waals surface area (Å²) in [5, 5.41) is 0. The lowest BCUT2D eigenvalue weighted by atomic mass is 9.48. The summed E-state index contributed by atoms with van der Waals surface area (Å²) in [6, 6.07) is 7.84. The molecule has 2 atom stereocenters. The molecule has 4 rings (SSSR count). The molecular formula is C19H22O3. The highest BCUT2D eigenvalue weighted by atomic mass is 16.7. The minimum atomic E-state index is 0.114. The Morgan fingerprint density at radius 3 is 2.50 bits per heavy atom. The topological polar surface area (TPSA) is 35.5 Å². The fourth-order valence-electron chi connectivity index (χ4n) is 3.50. The van der Waals surface area contributed by atoms with Crippen molar-refractivity contribution in [2.24, 2.45) is 17.3 Å². The van der Waals surface area contributed by atoms with E-state index in [1.165, 1.54) is 0 Å². The molecule has 0 spiro atoms. The molecule has 1 saturated carbocycles. The second-order valence-corrected chi connectivity index (χ2v) is 6.66. The zero-order valence-electron chi connectivity index (χ0n) is 13.3. The maximum Gasteiger partial charge on any atom is 0.188 e. The monoisotopic (exact) mass is 298 g/mol. The molecule has 3 aliphatic rings. The highest BCUT2D eigenvalue weighted by Crippen LogP contribution is 2.58. The van der Waals surface area contributed by atoms with E-state index in [1.807, 2.05) is 30.3 Å². The van der Waals surface area contributed by atoms with E-state index >= 15 is 0 Å². The standard InChI is InChI=1S/C19H22O3/c1-19(2)16-11-17(19)18(20)10-14(16)7-4-13-5-8-15(9-6-13)22-12-21-3/h4-10,16-17H,11-12H2,1-3H3/t16-,17+/m0/s1. The summed E-state index contributed by atoms with van der Waals surface area (Å²) < 4.78 is 10.2. The molecule has 0 aliphatic heterocycles. The molecule has 0 unspecified atom stereocenters. The van der Waals surface area contributed by atoms with Gasteiger partial charge in [0.15, 0.2) is 12.6 Å². The van der Waals surface area contributed by atoms with Gasteiger partial charge >= 0.3 is 0 Å². The van der Waals surface area contributed by atoms with Gasteiger partial charge in [0.1, 0.15) is 5.75 Å². The molecule has 1 aromatic rings. The summed E-state index contributed by atoms with van der Waals surface area (Å²) in [5.41, 5.74) is 2.37. The molecule has 1 aromatic carbocycles. The average molecular weight is 298 g/mol. The largest absolute Gasteiger partial charge is 0.468 e. The van der Waals surface area contributed by atoms with Crippen molar-refractivity contribution in [3.8, 4) is 5.75 Å². The quantitative estimate of drug-likeness (QED) is 0.774. The van der Waals surface area contributed by atoms with Gasteiger partial charge in [-0.05, 0) is 47.1 Å². The number of fused-ring (bicyclic) bond motifs is 1. The second-order valence-electron chi connectivity index (χ2n) is 6.66. The number of rotatable bonds is 5. The first-order valence-electron chi connectivity index (χ1n) is 7.67. The van der Waals surface area contributed by atoms with E-state index in [9.17, 15) is 4.79 Å². The third kappa shape index (κ3) is 2.61. The molecular weight excluding hydrogens is 276 g/mol. The van der Waals surface area contributed by atoms with E-state index in [2.05, 4.69) is 26.0 Å². The van der Waals surface area contributed by atoms with Crippen LogP contribution in [0.3, 0.4) is 0 Å². The maximum atomic E-state index is 12.1. The molecule has 0 amide bonds.